The Morgan fingerprint density at radius 3 is 2.49 bits per heavy atom. The summed E-state index contributed by atoms with van der Waals surface area (Å²) in [5, 5.41) is 6.54. The fraction of sp³-hybridized carbons (Fsp3) is 0.438. The number of aromatic nitrogens is 4. The summed E-state index contributed by atoms with van der Waals surface area (Å²) in [7, 11) is -2.00. The van der Waals surface area contributed by atoms with Crippen molar-refractivity contribution in [2.24, 2.45) is 0 Å². The number of sulfonamides is 1. The number of piperidine rings is 1. The summed E-state index contributed by atoms with van der Waals surface area (Å²) < 4.78 is 56.6. The van der Waals surface area contributed by atoms with Gasteiger partial charge in [0.25, 0.3) is 0 Å². The molecule has 0 saturated carbocycles. The molecule has 250 valence electrons. The van der Waals surface area contributed by atoms with Crippen LogP contribution in [0.3, 0.4) is 0 Å². The first-order chi connectivity index (χ1) is 23.8. The molecule has 4 heterocycles. The molecule has 2 aliphatic heterocycles. The fourth-order valence-electron chi connectivity index (χ4n) is 6.21. The zero-order valence-electron chi connectivity index (χ0n) is 29.6. The van der Waals surface area contributed by atoms with Crippen molar-refractivity contribution in [2.75, 3.05) is 79.9 Å². The minimum Gasteiger partial charge on any atom is -0.494 e. The maximum atomic E-state index is 12.3. The highest BCUT2D eigenvalue weighted by Crippen LogP contribution is 2.38. The highest BCUT2D eigenvalue weighted by molar-refractivity contribution is 9.10. The summed E-state index contributed by atoms with van der Waals surface area (Å²) in [4.78, 5) is 24.3. The van der Waals surface area contributed by atoms with Gasteiger partial charge in [-0.2, -0.15) is 4.98 Å². The number of methoxy groups -OCH3 is 1. The smallest absolute Gasteiger partial charge is 0.229 e. The number of piperazine rings is 1. The SMILES string of the molecule is [2H]C([2H])([2H])N1CCN(C2CCN(c3cc(OC)c(Nc4ncc(Br)c(Nc5ccc6nccnc6c5NS(C)(=O)=O)n4)cc3CC)CC2)CC1. The molecule has 6 rings (SSSR count). The van der Waals surface area contributed by atoms with Gasteiger partial charge in [0.2, 0.25) is 16.0 Å². The van der Waals surface area contributed by atoms with E-state index in [-0.39, 0.29) is 5.69 Å². The third-order valence-corrected chi connectivity index (χ3v) is 9.74. The third kappa shape index (κ3) is 7.69. The van der Waals surface area contributed by atoms with Crippen molar-refractivity contribution in [3.8, 4) is 5.75 Å². The van der Waals surface area contributed by atoms with Gasteiger partial charge in [-0.15, -0.1) is 0 Å². The number of hydrogen-bond acceptors (Lipinski definition) is 12. The molecule has 0 aliphatic carbocycles. The Kier molecular flexibility index (Phi) is 8.83. The Bertz CT molecular complexity index is 1950. The Morgan fingerprint density at radius 2 is 1.79 bits per heavy atom. The lowest BCUT2D eigenvalue weighted by Gasteiger charge is -2.43. The number of hydrogen-bond donors (Lipinski definition) is 3. The number of nitrogens with one attached hydrogen (secondary N) is 3. The average molecular weight is 729 g/mol. The van der Waals surface area contributed by atoms with Crippen molar-refractivity contribution in [1.29, 1.82) is 0 Å². The molecule has 2 aromatic heterocycles. The van der Waals surface area contributed by atoms with E-state index in [2.05, 4.69) is 75.1 Å². The van der Waals surface area contributed by atoms with Crippen molar-refractivity contribution in [2.45, 2.75) is 32.2 Å². The first kappa shape index (κ1) is 29.4. The first-order valence-electron chi connectivity index (χ1n) is 17.1. The lowest BCUT2D eigenvalue weighted by Crippen LogP contribution is -2.52. The largest absolute Gasteiger partial charge is 0.494 e. The maximum absolute atomic E-state index is 12.3. The molecule has 0 spiro atoms. The quantitative estimate of drug-likeness (QED) is 0.206. The van der Waals surface area contributed by atoms with E-state index in [1.807, 2.05) is 0 Å². The number of rotatable bonds is 10. The molecule has 47 heavy (non-hydrogen) atoms. The van der Waals surface area contributed by atoms with Crippen molar-refractivity contribution in [1.82, 2.24) is 29.7 Å². The van der Waals surface area contributed by atoms with Crippen LogP contribution < -0.4 is 25.0 Å². The number of aryl methyl sites for hydroxylation is 1. The Morgan fingerprint density at radius 1 is 1.02 bits per heavy atom. The zero-order chi connectivity index (χ0) is 35.6. The highest BCUT2D eigenvalue weighted by atomic mass is 79.9. The average Bonchev–Trinajstić information content (AvgIpc) is 3.09. The van der Waals surface area contributed by atoms with Crippen molar-refractivity contribution in [3.63, 3.8) is 0 Å². The van der Waals surface area contributed by atoms with Crippen LogP contribution in [0.2, 0.25) is 0 Å². The molecule has 2 fully saturated rings. The van der Waals surface area contributed by atoms with Crippen LogP contribution in [-0.2, 0) is 16.4 Å². The van der Waals surface area contributed by atoms with Gasteiger partial charge in [0.15, 0.2) is 0 Å². The number of fused-ring (bicyclic) bond motifs is 1. The number of likely N-dealkylation sites (N-methyl/N-ethyl adjacent to an activating group) is 1. The third-order valence-electron chi connectivity index (χ3n) is 8.59. The van der Waals surface area contributed by atoms with E-state index in [1.165, 1.54) is 6.20 Å². The number of nitrogens with zero attached hydrogens (tertiary/aromatic N) is 7. The van der Waals surface area contributed by atoms with Gasteiger partial charge in [-0.1, -0.05) is 6.92 Å². The van der Waals surface area contributed by atoms with Crippen LogP contribution >= 0.6 is 15.9 Å². The Hall–Kier alpha value is -3.79. The molecule has 2 aromatic carbocycles. The van der Waals surface area contributed by atoms with Crippen LogP contribution in [0.4, 0.5) is 34.5 Å². The summed E-state index contributed by atoms with van der Waals surface area (Å²) in [6, 6.07) is 8.04. The number of anilines is 6. The van der Waals surface area contributed by atoms with Crippen LogP contribution in [0.25, 0.3) is 11.0 Å². The van der Waals surface area contributed by atoms with E-state index >= 15 is 0 Å². The van der Waals surface area contributed by atoms with E-state index in [0.29, 0.717) is 63.5 Å². The topological polar surface area (TPSA) is 141 Å². The minimum atomic E-state index is -3.64. The number of halogens is 1. The molecule has 13 nitrogen and oxygen atoms in total. The molecule has 2 saturated heterocycles. The number of benzene rings is 2. The predicted octanol–water partition coefficient (Wildman–Crippen LogP) is 4.83. The van der Waals surface area contributed by atoms with Gasteiger partial charge in [0.1, 0.15) is 17.1 Å². The van der Waals surface area contributed by atoms with Gasteiger partial charge in [0, 0.05) is 79.8 Å². The van der Waals surface area contributed by atoms with E-state index in [0.717, 1.165) is 62.9 Å². The molecule has 15 heteroatoms. The minimum absolute atomic E-state index is 0.253. The molecule has 0 unspecified atom stereocenters. The van der Waals surface area contributed by atoms with E-state index < -0.39 is 17.0 Å². The molecule has 0 radical (unpaired) electrons. The second-order valence-corrected chi connectivity index (χ2v) is 14.3. The molecule has 0 atom stereocenters. The molecular formula is C32H41BrN10O3S. The number of ether oxygens (including phenoxy) is 1. The van der Waals surface area contributed by atoms with Crippen LogP contribution in [-0.4, -0.2) is 104 Å². The summed E-state index contributed by atoms with van der Waals surface area (Å²) in [6.07, 6.45) is 8.55. The lowest BCUT2D eigenvalue weighted by molar-refractivity contribution is 0.0982. The van der Waals surface area contributed by atoms with Crippen molar-refractivity contribution in [3.05, 3.63) is 52.9 Å². The highest BCUT2D eigenvalue weighted by Gasteiger charge is 2.28. The molecule has 3 N–H and O–H groups in total. The summed E-state index contributed by atoms with van der Waals surface area (Å²) in [5.74, 6) is 1.35. The standard InChI is InChI=1S/C32H41BrN10O3S/c1-5-21-18-26(28(46-3)19-27(21)43-12-8-22(9-13-43)42-16-14-41(2)15-17-42)38-32-36-20-23(33)31(39-32)37-25-7-6-24-29(35-11-10-34-24)30(25)40-47(4,44)45/h6-7,10-11,18-20,22,40H,5,8-9,12-17H2,1-4H3,(H2,36,37,38,39)/i2D3. The van der Waals surface area contributed by atoms with Gasteiger partial charge in [-0.25, -0.2) is 13.4 Å². The second kappa shape index (κ2) is 14.1. The van der Waals surface area contributed by atoms with Gasteiger partial charge < -0.3 is 25.2 Å². The predicted molar refractivity (Wildman–Crippen MR) is 191 cm³/mol. The van der Waals surface area contributed by atoms with Crippen LogP contribution in [0.1, 0.15) is 29.4 Å². The molecule has 4 aromatic rings. The lowest BCUT2D eigenvalue weighted by atomic mass is 9.99. The van der Waals surface area contributed by atoms with Crippen LogP contribution in [0.5, 0.6) is 5.75 Å². The molecular weight excluding hydrogens is 684 g/mol. The van der Waals surface area contributed by atoms with Crippen LogP contribution in [0.15, 0.2) is 47.3 Å². The van der Waals surface area contributed by atoms with Gasteiger partial charge >= 0.3 is 0 Å². The zero-order valence-corrected chi connectivity index (χ0v) is 29.0. The van der Waals surface area contributed by atoms with Crippen molar-refractivity contribution >= 4 is 71.5 Å². The Labute approximate surface area is 288 Å². The van der Waals surface area contributed by atoms with E-state index in [1.54, 1.807) is 36.5 Å². The molecule has 0 amide bonds. The van der Waals surface area contributed by atoms with Crippen molar-refractivity contribution < 1.29 is 17.3 Å². The first-order valence-corrected chi connectivity index (χ1v) is 18.2. The Balaban J connectivity index is 1.19. The summed E-state index contributed by atoms with van der Waals surface area (Å²) in [5.41, 5.74) is 4.61. The summed E-state index contributed by atoms with van der Waals surface area (Å²) in [6.45, 7) is 4.60. The van der Waals surface area contributed by atoms with Gasteiger partial charge in [-0.05, 0) is 65.9 Å². The van der Waals surface area contributed by atoms with E-state index in [9.17, 15) is 8.42 Å². The molecule has 0 bridgehead atoms. The van der Waals surface area contributed by atoms with Gasteiger partial charge in [-0.3, -0.25) is 19.6 Å². The van der Waals surface area contributed by atoms with Gasteiger partial charge in [0.05, 0.1) is 40.4 Å². The normalized spacial score (nSPS) is 18.0. The van der Waals surface area contributed by atoms with E-state index in [4.69, 9.17) is 13.8 Å². The maximum Gasteiger partial charge on any atom is 0.229 e. The summed E-state index contributed by atoms with van der Waals surface area (Å²) >= 11 is 3.51. The monoisotopic (exact) mass is 727 g/mol. The fourth-order valence-corrected chi connectivity index (χ4v) is 7.08. The second-order valence-electron chi connectivity index (χ2n) is 11.7. The molecule has 2 aliphatic rings. The van der Waals surface area contributed by atoms with Crippen LogP contribution in [0, 0.1) is 0 Å².